The molecule has 0 aliphatic heterocycles. The average molecular weight is 304 g/mol. The van der Waals surface area contributed by atoms with Gasteiger partial charge >= 0.3 is 0 Å². The lowest BCUT2D eigenvalue weighted by atomic mass is 10.1. The first-order valence-electron chi connectivity index (χ1n) is 7.28. The number of nitrogens with zero attached hydrogens (tertiary/aromatic N) is 1. The summed E-state index contributed by atoms with van der Waals surface area (Å²) in [5.74, 6) is 0.287. The summed E-state index contributed by atoms with van der Waals surface area (Å²) in [5.41, 5.74) is 2.70. The highest BCUT2D eigenvalue weighted by Crippen LogP contribution is 2.41. The van der Waals surface area contributed by atoms with Crippen molar-refractivity contribution in [1.82, 2.24) is 15.5 Å². The van der Waals surface area contributed by atoms with Crippen LogP contribution in [0.15, 0.2) is 30.3 Å². The van der Waals surface area contributed by atoms with Crippen LogP contribution in [0.1, 0.15) is 47.4 Å². The molecule has 1 aliphatic rings. The van der Waals surface area contributed by atoms with Gasteiger partial charge in [0.05, 0.1) is 0 Å². The van der Waals surface area contributed by atoms with Gasteiger partial charge in [-0.1, -0.05) is 37.1 Å². The van der Waals surface area contributed by atoms with Crippen LogP contribution in [0, 0.1) is 0 Å². The third kappa shape index (κ3) is 3.27. The van der Waals surface area contributed by atoms with E-state index in [1.54, 1.807) is 0 Å². The van der Waals surface area contributed by atoms with Gasteiger partial charge in [0.1, 0.15) is 5.69 Å². The molecule has 1 aliphatic carbocycles. The maximum Gasteiger partial charge on any atom is 0.272 e. The number of aromatic nitrogens is 2. The zero-order valence-corrected chi connectivity index (χ0v) is 12.7. The number of carbonyl (C=O) groups excluding carboxylic acids is 1. The summed E-state index contributed by atoms with van der Waals surface area (Å²) in [4.78, 5) is 12.1. The van der Waals surface area contributed by atoms with Crippen molar-refractivity contribution in [2.24, 2.45) is 0 Å². The molecule has 1 amide bonds. The Balaban J connectivity index is 1.57. The lowest BCUT2D eigenvalue weighted by Gasteiger charge is -2.03. The fourth-order valence-corrected chi connectivity index (χ4v) is 2.68. The minimum absolute atomic E-state index is 0.102. The van der Waals surface area contributed by atoms with Crippen molar-refractivity contribution >= 4 is 17.5 Å². The first-order chi connectivity index (χ1) is 10.2. The van der Waals surface area contributed by atoms with Gasteiger partial charge in [-0.15, -0.1) is 0 Å². The van der Waals surface area contributed by atoms with Crippen molar-refractivity contribution in [2.45, 2.75) is 38.1 Å². The number of halogens is 1. The first-order valence-corrected chi connectivity index (χ1v) is 7.65. The summed E-state index contributed by atoms with van der Waals surface area (Å²) in [5, 5.41) is 10.7. The number of hydrogen-bond acceptors (Lipinski definition) is 2. The van der Waals surface area contributed by atoms with E-state index in [0.717, 1.165) is 30.0 Å². The highest BCUT2D eigenvalue weighted by molar-refractivity contribution is 6.30. The predicted molar refractivity (Wildman–Crippen MR) is 82.6 cm³/mol. The Bertz CT molecular complexity index is 635. The Labute approximate surface area is 128 Å². The lowest BCUT2D eigenvalue weighted by molar-refractivity contribution is 0.0945. The largest absolute Gasteiger partial charge is 0.347 e. The highest BCUT2D eigenvalue weighted by atomic mass is 35.5. The lowest BCUT2D eigenvalue weighted by Crippen LogP contribution is -2.26. The molecule has 3 rings (SSSR count). The number of hydrogen-bond donors (Lipinski definition) is 2. The second-order valence-electron chi connectivity index (χ2n) is 5.50. The van der Waals surface area contributed by atoms with Gasteiger partial charge in [-0.05, 0) is 36.6 Å². The van der Waals surface area contributed by atoms with E-state index in [1.165, 1.54) is 5.56 Å². The van der Waals surface area contributed by atoms with Crippen LogP contribution in [0.4, 0.5) is 0 Å². The number of nitrogens with one attached hydrogen (secondary N) is 2. The van der Waals surface area contributed by atoms with Gasteiger partial charge in [-0.3, -0.25) is 9.89 Å². The van der Waals surface area contributed by atoms with Crippen molar-refractivity contribution in [3.63, 3.8) is 0 Å². The molecule has 2 atom stereocenters. The molecule has 1 fully saturated rings. The third-order valence-corrected chi connectivity index (χ3v) is 4.04. The van der Waals surface area contributed by atoms with Gasteiger partial charge in [0.25, 0.3) is 5.91 Å². The fraction of sp³-hybridized carbons (Fsp3) is 0.375. The predicted octanol–water partition coefficient (Wildman–Crippen LogP) is 3.30. The van der Waals surface area contributed by atoms with Gasteiger partial charge in [0.2, 0.25) is 0 Å². The van der Waals surface area contributed by atoms with Crippen molar-refractivity contribution in [3.8, 4) is 0 Å². The van der Waals surface area contributed by atoms with Crippen LogP contribution in [-0.2, 0) is 6.42 Å². The van der Waals surface area contributed by atoms with Crippen LogP contribution < -0.4 is 5.32 Å². The maximum absolute atomic E-state index is 12.1. The topological polar surface area (TPSA) is 57.8 Å². The molecule has 2 aromatic rings. The number of carbonyl (C=O) groups is 1. The fourth-order valence-electron chi connectivity index (χ4n) is 2.55. The van der Waals surface area contributed by atoms with Gasteiger partial charge in [0, 0.05) is 22.7 Å². The Hall–Kier alpha value is -1.81. The Kier molecular flexibility index (Phi) is 3.97. The molecule has 0 spiro atoms. The second kappa shape index (κ2) is 5.90. The molecule has 5 heteroatoms. The summed E-state index contributed by atoms with van der Waals surface area (Å²) in [6, 6.07) is 9.85. The molecule has 0 saturated heterocycles. The SMILES string of the molecule is CCCc1cc(C(=O)N[C@@H]2C[C@H]2c2ccc(Cl)cc2)n[nH]1. The van der Waals surface area contributed by atoms with Crippen LogP contribution in [0.2, 0.25) is 5.02 Å². The van der Waals surface area contributed by atoms with E-state index < -0.39 is 0 Å². The minimum atomic E-state index is -0.102. The van der Waals surface area contributed by atoms with Crippen molar-refractivity contribution in [3.05, 3.63) is 52.3 Å². The molecule has 0 unspecified atom stereocenters. The van der Waals surface area contributed by atoms with E-state index in [1.807, 2.05) is 30.3 Å². The maximum atomic E-state index is 12.1. The molecule has 1 aromatic heterocycles. The molecule has 1 heterocycles. The van der Waals surface area contributed by atoms with Crippen LogP contribution in [0.5, 0.6) is 0 Å². The molecule has 21 heavy (non-hydrogen) atoms. The summed E-state index contributed by atoms with van der Waals surface area (Å²) in [7, 11) is 0. The standard InChI is InChI=1S/C16H18ClN3O/c1-2-3-12-8-15(20-19-12)16(21)18-14-9-13(14)10-4-6-11(17)7-5-10/h4-8,13-14H,2-3,9H2,1H3,(H,18,21)(H,19,20)/t13-,14+/m0/s1. The molecular weight excluding hydrogens is 286 g/mol. The van der Waals surface area contributed by atoms with Gasteiger partial charge < -0.3 is 5.32 Å². The average Bonchev–Trinajstić information content (AvgIpc) is 3.06. The van der Waals surface area contributed by atoms with Crippen molar-refractivity contribution in [2.75, 3.05) is 0 Å². The number of aryl methyl sites for hydroxylation is 1. The molecule has 0 radical (unpaired) electrons. The first kappa shape index (κ1) is 14.1. The zero-order valence-electron chi connectivity index (χ0n) is 11.9. The number of amides is 1. The smallest absolute Gasteiger partial charge is 0.272 e. The molecular formula is C16H18ClN3O. The minimum Gasteiger partial charge on any atom is -0.347 e. The van der Waals surface area contributed by atoms with Crippen LogP contribution >= 0.6 is 11.6 Å². The molecule has 110 valence electrons. The zero-order chi connectivity index (χ0) is 14.8. The van der Waals surface area contributed by atoms with Crippen LogP contribution in [-0.4, -0.2) is 22.1 Å². The van der Waals surface area contributed by atoms with Gasteiger partial charge in [-0.2, -0.15) is 5.10 Å². The normalized spacial score (nSPS) is 20.3. The van der Waals surface area contributed by atoms with E-state index in [9.17, 15) is 4.79 Å². The summed E-state index contributed by atoms with van der Waals surface area (Å²) >= 11 is 5.88. The second-order valence-corrected chi connectivity index (χ2v) is 5.94. The number of rotatable bonds is 5. The number of H-pyrrole nitrogens is 1. The van der Waals surface area contributed by atoms with Crippen LogP contribution in [0.3, 0.4) is 0 Å². The molecule has 1 saturated carbocycles. The summed E-state index contributed by atoms with van der Waals surface area (Å²) < 4.78 is 0. The van der Waals surface area contributed by atoms with Crippen molar-refractivity contribution < 1.29 is 4.79 Å². The third-order valence-electron chi connectivity index (χ3n) is 3.79. The highest BCUT2D eigenvalue weighted by Gasteiger charge is 2.39. The Morgan fingerprint density at radius 3 is 2.90 bits per heavy atom. The van der Waals surface area contributed by atoms with E-state index in [2.05, 4.69) is 22.4 Å². The van der Waals surface area contributed by atoms with E-state index in [4.69, 9.17) is 11.6 Å². The Morgan fingerprint density at radius 1 is 1.43 bits per heavy atom. The van der Waals surface area contributed by atoms with E-state index in [-0.39, 0.29) is 11.9 Å². The Morgan fingerprint density at radius 2 is 2.19 bits per heavy atom. The van der Waals surface area contributed by atoms with E-state index >= 15 is 0 Å². The van der Waals surface area contributed by atoms with Crippen molar-refractivity contribution in [1.29, 1.82) is 0 Å². The molecule has 0 bridgehead atoms. The van der Waals surface area contributed by atoms with Gasteiger partial charge in [0.15, 0.2) is 0 Å². The molecule has 4 nitrogen and oxygen atoms in total. The van der Waals surface area contributed by atoms with E-state index in [0.29, 0.717) is 11.6 Å². The summed E-state index contributed by atoms with van der Waals surface area (Å²) in [6.07, 6.45) is 2.92. The van der Waals surface area contributed by atoms with Gasteiger partial charge in [-0.25, -0.2) is 0 Å². The summed E-state index contributed by atoms with van der Waals surface area (Å²) in [6.45, 7) is 2.10. The number of aromatic amines is 1. The quantitative estimate of drug-likeness (QED) is 0.890. The number of benzene rings is 1. The molecule has 2 N–H and O–H groups in total. The van der Waals surface area contributed by atoms with Crippen LogP contribution in [0.25, 0.3) is 0 Å². The molecule has 1 aromatic carbocycles. The monoisotopic (exact) mass is 303 g/mol.